The fourth-order valence-electron chi connectivity index (χ4n) is 1.45. The highest BCUT2D eigenvalue weighted by molar-refractivity contribution is 9.10. The standard InChI is InChI=1S/C14H17BrO4/c1-4-18-12-7-10(5-6-14(16)17)11(15)8-13(12)19-9(2)3/h5-9H,4H2,1-3H3,(H,16,17)/b6-5+. The zero-order valence-electron chi connectivity index (χ0n) is 11.1. The normalized spacial score (nSPS) is 11.0. The first-order valence-electron chi connectivity index (χ1n) is 5.98. The quantitative estimate of drug-likeness (QED) is 0.808. The molecule has 0 aliphatic heterocycles. The van der Waals surface area contributed by atoms with E-state index < -0.39 is 5.97 Å². The monoisotopic (exact) mass is 328 g/mol. The Kier molecular flexibility index (Phi) is 5.89. The van der Waals surface area contributed by atoms with E-state index in [9.17, 15) is 4.79 Å². The second-order valence-electron chi connectivity index (χ2n) is 4.09. The van der Waals surface area contributed by atoms with Crippen LogP contribution in [0.5, 0.6) is 11.5 Å². The number of benzene rings is 1. The average Bonchev–Trinajstić information content (AvgIpc) is 2.30. The maximum Gasteiger partial charge on any atom is 0.328 e. The summed E-state index contributed by atoms with van der Waals surface area (Å²) in [7, 11) is 0. The van der Waals surface area contributed by atoms with Crippen molar-refractivity contribution in [1.29, 1.82) is 0 Å². The molecule has 0 unspecified atom stereocenters. The molecule has 1 N–H and O–H groups in total. The molecule has 1 rings (SSSR count). The summed E-state index contributed by atoms with van der Waals surface area (Å²) in [5.74, 6) is 0.244. The summed E-state index contributed by atoms with van der Waals surface area (Å²) in [6.07, 6.45) is 2.62. The maximum atomic E-state index is 10.5. The highest BCUT2D eigenvalue weighted by atomic mass is 79.9. The SMILES string of the molecule is CCOc1cc(/C=C/C(=O)O)c(Br)cc1OC(C)C. The summed E-state index contributed by atoms with van der Waals surface area (Å²) in [6, 6.07) is 3.54. The van der Waals surface area contributed by atoms with Crippen molar-refractivity contribution in [2.75, 3.05) is 6.61 Å². The van der Waals surface area contributed by atoms with Gasteiger partial charge in [-0.15, -0.1) is 0 Å². The molecule has 0 aliphatic carbocycles. The summed E-state index contributed by atoms with van der Waals surface area (Å²) < 4.78 is 11.9. The lowest BCUT2D eigenvalue weighted by atomic mass is 10.2. The van der Waals surface area contributed by atoms with Gasteiger partial charge in [-0.3, -0.25) is 0 Å². The third-order valence-corrected chi connectivity index (χ3v) is 2.82. The number of hydrogen-bond acceptors (Lipinski definition) is 3. The molecule has 104 valence electrons. The summed E-state index contributed by atoms with van der Waals surface area (Å²) in [5.41, 5.74) is 0.724. The Balaban J connectivity index is 3.15. The first kappa shape index (κ1) is 15.6. The van der Waals surface area contributed by atoms with E-state index in [2.05, 4.69) is 15.9 Å². The number of hydrogen-bond donors (Lipinski definition) is 1. The molecule has 0 radical (unpaired) electrons. The van der Waals surface area contributed by atoms with E-state index in [0.29, 0.717) is 18.1 Å². The van der Waals surface area contributed by atoms with Crippen molar-refractivity contribution in [1.82, 2.24) is 0 Å². The predicted octanol–water partition coefficient (Wildman–Crippen LogP) is 3.73. The van der Waals surface area contributed by atoms with Gasteiger partial charge in [-0.25, -0.2) is 4.79 Å². The Bertz CT molecular complexity index is 481. The highest BCUT2D eigenvalue weighted by Gasteiger charge is 2.11. The van der Waals surface area contributed by atoms with Gasteiger partial charge >= 0.3 is 5.97 Å². The van der Waals surface area contributed by atoms with Crippen LogP contribution in [0.3, 0.4) is 0 Å². The molecule has 0 aliphatic rings. The largest absolute Gasteiger partial charge is 0.490 e. The molecule has 1 aromatic rings. The number of carbonyl (C=O) groups is 1. The van der Waals surface area contributed by atoms with Crippen LogP contribution in [0.25, 0.3) is 6.08 Å². The molecule has 5 heteroatoms. The van der Waals surface area contributed by atoms with E-state index >= 15 is 0 Å². The van der Waals surface area contributed by atoms with E-state index in [4.69, 9.17) is 14.6 Å². The van der Waals surface area contributed by atoms with Gasteiger partial charge in [0.1, 0.15) is 0 Å². The molecule has 4 nitrogen and oxygen atoms in total. The van der Waals surface area contributed by atoms with E-state index in [-0.39, 0.29) is 6.10 Å². The molecular weight excluding hydrogens is 312 g/mol. The third-order valence-electron chi connectivity index (χ3n) is 2.13. The van der Waals surface area contributed by atoms with Crippen LogP contribution >= 0.6 is 15.9 Å². The van der Waals surface area contributed by atoms with Crippen molar-refractivity contribution in [3.8, 4) is 11.5 Å². The van der Waals surface area contributed by atoms with Crippen molar-refractivity contribution in [2.24, 2.45) is 0 Å². The minimum atomic E-state index is -0.993. The van der Waals surface area contributed by atoms with Crippen molar-refractivity contribution >= 4 is 28.0 Å². The first-order valence-corrected chi connectivity index (χ1v) is 6.77. The molecule has 0 fully saturated rings. The first-order chi connectivity index (χ1) is 8.93. The van der Waals surface area contributed by atoms with Crippen LogP contribution in [0.4, 0.5) is 0 Å². The molecule has 0 amide bonds. The number of ether oxygens (including phenoxy) is 2. The van der Waals surface area contributed by atoms with Crippen LogP contribution in [0.1, 0.15) is 26.3 Å². The second kappa shape index (κ2) is 7.19. The van der Waals surface area contributed by atoms with E-state index in [1.165, 1.54) is 6.08 Å². The van der Waals surface area contributed by atoms with Crippen LogP contribution in [0, 0.1) is 0 Å². The number of carboxylic acids is 1. The van der Waals surface area contributed by atoms with Gasteiger partial charge in [0.05, 0.1) is 12.7 Å². The van der Waals surface area contributed by atoms with Crippen LogP contribution in [0.2, 0.25) is 0 Å². The zero-order chi connectivity index (χ0) is 14.4. The highest BCUT2D eigenvalue weighted by Crippen LogP contribution is 2.35. The Morgan fingerprint density at radius 3 is 2.63 bits per heavy atom. The molecule has 0 spiro atoms. The van der Waals surface area contributed by atoms with Gasteiger partial charge in [0, 0.05) is 10.5 Å². The summed E-state index contributed by atoms with van der Waals surface area (Å²) in [4.78, 5) is 10.5. The number of carboxylic acid groups (broad SMARTS) is 1. The Labute approximate surface area is 121 Å². The fraction of sp³-hybridized carbons (Fsp3) is 0.357. The fourth-order valence-corrected chi connectivity index (χ4v) is 1.91. The lowest BCUT2D eigenvalue weighted by Crippen LogP contribution is -2.07. The van der Waals surface area contributed by atoms with Crippen molar-refractivity contribution in [3.05, 3.63) is 28.2 Å². The summed E-state index contributed by atoms with van der Waals surface area (Å²) in [6.45, 7) is 6.26. The zero-order valence-corrected chi connectivity index (χ0v) is 12.7. The van der Waals surface area contributed by atoms with Gasteiger partial charge in [0.2, 0.25) is 0 Å². The maximum absolute atomic E-state index is 10.5. The van der Waals surface area contributed by atoms with Crippen molar-refractivity contribution < 1.29 is 19.4 Å². The summed E-state index contributed by atoms with van der Waals surface area (Å²) in [5, 5.41) is 8.65. The number of aliphatic carboxylic acids is 1. The molecule has 0 atom stereocenters. The molecule has 0 saturated heterocycles. The van der Waals surface area contributed by atoms with Crippen LogP contribution < -0.4 is 9.47 Å². The average molecular weight is 329 g/mol. The topological polar surface area (TPSA) is 55.8 Å². The lowest BCUT2D eigenvalue weighted by Gasteiger charge is -2.16. The van der Waals surface area contributed by atoms with Crippen LogP contribution in [-0.4, -0.2) is 23.8 Å². The minimum Gasteiger partial charge on any atom is -0.490 e. The molecule has 1 aromatic carbocycles. The van der Waals surface area contributed by atoms with Gasteiger partial charge in [-0.05, 0) is 44.5 Å². The van der Waals surface area contributed by atoms with Crippen LogP contribution in [0.15, 0.2) is 22.7 Å². The van der Waals surface area contributed by atoms with E-state index in [0.717, 1.165) is 16.1 Å². The Morgan fingerprint density at radius 1 is 1.42 bits per heavy atom. The molecule has 0 heterocycles. The van der Waals surface area contributed by atoms with Crippen molar-refractivity contribution in [3.63, 3.8) is 0 Å². The van der Waals surface area contributed by atoms with E-state index in [1.54, 1.807) is 12.1 Å². The van der Waals surface area contributed by atoms with Crippen molar-refractivity contribution in [2.45, 2.75) is 26.9 Å². The Morgan fingerprint density at radius 2 is 2.11 bits per heavy atom. The molecule has 0 aromatic heterocycles. The number of halogens is 1. The lowest BCUT2D eigenvalue weighted by molar-refractivity contribution is -0.131. The molecule has 0 bridgehead atoms. The third kappa shape index (κ3) is 4.95. The van der Waals surface area contributed by atoms with E-state index in [1.807, 2.05) is 20.8 Å². The van der Waals surface area contributed by atoms with Crippen LogP contribution in [-0.2, 0) is 4.79 Å². The Hall–Kier alpha value is -1.49. The predicted molar refractivity (Wildman–Crippen MR) is 77.7 cm³/mol. The molecule has 19 heavy (non-hydrogen) atoms. The van der Waals surface area contributed by atoms with Gasteiger partial charge in [0.15, 0.2) is 11.5 Å². The van der Waals surface area contributed by atoms with Gasteiger partial charge in [0.25, 0.3) is 0 Å². The number of rotatable bonds is 6. The van der Waals surface area contributed by atoms with Gasteiger partial charge < -0.3 is 14.6 Å². The van der Waals surface area contributed by atoms with Gasteiger partial charge in [-0.1, -0.05) is 15.9 Å². The second-order valence-corrected chi connectivity index (χ2v) is 4.95. The minimum absolute atomic E-state index is 0.0338. The smallest absolute Gasteiger partial charge is 0.328 e. The summed E-state index contributed by atoms with van der Waals surface area (Å²) >= 11 is 3.39. The van der Waals surface area contributed by atoms with Gasteiger partial charge in [-0.2, -0.15) is 0 Å². The molecule has 0 saturated carbocycles. The molecular formula is C14H17BrO4.